The van der Waals surface area contributed by atoms with Gasteiger partial charge in [-0.3, -0.25) is 14.3 Å². The van der Waals surface area contributed by atoms with Crippen LogP contribution >= 0.6 is 23.1 Å². The Morgan fingerprint density at radius 3 is 2.29 bits per heavy atom. The van der Waals surface area contributed by atoms with Crippen molar-refractivity contribution in [2.75, 3.05) is 32.7 Å². The van der Waals surface area contributed by atoms with E-state index in [2.05, 4.69) is 68.2 Å². The summed E-state index contributed by atoms with van der Waals surface area (Å²) in [5.41, 5.74) is 3.95. The Kier molecular flexibility index (Phi) is 9.19. The van der Waals surface area contributed by atoms with Gasteiger partial charge in [0.25, 0.3) is 5.91 Å². The quantitative estimate of drug-likeness (QED) is 0.183. The summed E-state index contributed by atoms with van der Waals surface area (Å²) in [6.07, 6.45) is 5.04. The Hall–Kier alpha value is -4.05. The van der Waals surface area contributed by atoms with E-state index in [4.69, 9.17) is 4.98 Å². The van der Waals surface area contributed by atoms with E-state index in [1.165, 1.54) is 22.5 Å². The number of thioether (sulfide) groups is 1. The average molecular weight is 593 g/mol. The Bertz CT molecular complexity index is 1610. The van der Waals surface area contributed by atoms with Crippen molar-refractivity contribution >= 4 is 35.1 Å². The first-order chi connectivity index (χ1) is 20.7. The molecule has 1 aliphatic heterocycles. The number of benzene rings is 3. The summed E-state index contributed by atoms with van der Waals surface area (Å²) in [7, 11) is 0. The van der Waals surface area contributed by atoms with Crippen molar-refractivity contribution in [1.82, 2.24) is 29.5 Å². The summed E-state index contributed by atoms with van der Waals surface area (Å²) in [5, 5.41) is 12.7. The van der Waals surface area contributed by atoms with Crippen molar-refractivity contribution in [3.8, 4) is 5.69 Å². The summed E-state index contributed by atoms with van der Waals surface area (Å²) in [6.45, 7) is 4.03. The zero-order valence-corrected chi connectivity index (χ0v) is 24.9. The number of hydrogen-bond donors (Lipinski definition) is 0. The maximum absolute atomic E-state index is 13.2. The topological polar surface area (TPSA) is 67.2 Å². The molecule has 0 radical (unpaired) electrons. The lowest BCUT2D eigenvalue weighted by Crippen LogP contribution is -2.48. The molecule has 0 saturated carbocycles. The van der Waals surface area contributed by atoms with Gasteiger partial charge in [0.15, 0.2) is 5.16 Å². The van der Waals surface area contributed by atoms with Gasteiger partial charge < -0.3 is 4.90 Å². The number of hydrogen-bond acceptors (Lipinski definition) is 7. The Balaban J connectivity index is 1.05. The number of amides is 1. The zero-order chi connectivity index (χ0) is 28.6. The number of nitrogens with zero attached hydrogens (tertiary/aromatic N) is 6. The molecule has 5 aromatic rings. The number of aromatic nitrogens is 4. The second kappa shape index (κ2) is 13.7. The second-order valence-corrected chi connectivity index (χ2v) is 11.9. The van der Waals surface area contributed by atoms with E-state index >= 15 is 0 Å². The lowest BCUT2D eigenvalue weighted by Gasteiger charge is -2.33. The first-order valence-electron chi connectivity index (χ1n) is 14.1. The molecule has 0 atom stereocenters. The van der Waals surface area contributed by atoms with Crippen LogP contribution in [-0.2, 0) is 12.2 Å². The highest BCUT2D eigenvalue weighted by Gasteiger charge is 2.24. The molecule has 9 heteroatoms. The molecule has 2 aromatic heterocycles. The molecule has 1 fully saturated rings. The first-order valence-corrected chi connectivity index (χ1v) is 15.9. The first kappa shape index (κ1) is 28.1. The maximum atomic E-state index is 13.2. The van der Waals surface area contributed by atoms with Crippen molar-refractivity contribution in [1.29, 1.82) is 0 Å². The monoisotopic (exact) mass is 592 g/mol. The van der Waals surface area contributed by atoms with E-state index in [0.717, 1.165) is 41.3 Å². The van der Waals surface area contributed by atoms with E-state index < -0.39 is 0 Å². The van der Waals surface area contributed by atoms with E-state index in [-0.39, 0.29) is 5.91 Å². The van der Waals surface area contributed by atoms with Crippen LogP contribution in [0.15, 0.2) is 108 Å². The SMILES string of the molecule is O=C(c1csc(CSc2nnc(Cc3ccccc3)n2-c2ccccc2)n1)N1CCN(CC=Cc2ccccc2)CC1. The maximum Gasteiger partial charge on any atom is 0.273 e. The standard InChI is InChI=1S/C33H32N6OS2/c40-32(38-21-19-37(20-22-38)18-10-15-26-11-4-1-5-12-26)29-24-41-31(34-29)25-42-33-36-35-30(23-27-13-6-2-7-14-27)39(33)28-16-8-3-9-17-28/h1-17,24H,18-23,25H2. The van der Waals surface area contributed by atoms with Gasteiger partial charge in [0.2, 0.25) is 0 Å². The third kappa shape index (κ3) is 7.05. The van der Waals surface area contributed by atoms with Gasteiger partial charge in [-0.05, 0) is 23.3 Å². The van der Waals surface area contributed by atoms with Gasteiger partial charge in [0.1, 0.15) is 16.5 Å². The van der Waals surface area contributed by atoms with Crippen molar-refractivity contribution < 1.29 is 4.79 Å². The zero-order valence-electron chi connectivity index (χ0n) is 23.3. The Morgan fingerprint density at radius 1 is 0.857 bits per heavy atom. The fourth-order valence-electron chi connectivity index (χ4n) is 4.92. The van der Waals surface area contributed by atoms with Crippen LogP contribution in [0.25, 0.3) is 11.8 Å². The van der Waals surface area contributed by atoms with Crippen LogP contribution in [-0.4, -0.2) is 68.2 Å². The highest BCUT2D eigenvalue weighted by atomic mass is 32.2. The Labute approximate surface area is 254 Å². The van der Waals surface area contributed by atoms with Gasteiger partial charge in [-0.1, -0.05) is 103 Å². The molecule has 0 N–H and O–H groups in total. The molecule has 0 spiro atoms. The van der Waals surface area contributed by atoms with E-state index in [9.17, 15) is 4.79 Å². The third-order valence-corrected chi connectivity index (χ3v) is 9.12. The van der Waals surface area contributed by atoms with E-state index in [0.29, 0.717) is 31.0 Å². The number of thiazole rings is 1. The van der Waals surface area contributed by atoms with Crippen LogP contribution in [0.2, 0.25) is 0 Å². The predicted octanol–water partition coefficient (Wildman–Crippen LogP) is 6.08. The molecular formula is C33H32N6OS2. The molecule has 1 saturated heterocycles. The average Bonchev–Trinajstić information content (AvgIpc) is 3.69. The molecule has 0 aliphatic carbocycles. The molecule has 0 bridgehead atoms. The minimum absolute atomic E-state index is 0.0135. The molecule has 0 unspecified atom stereocenters. The molecule has 3 heterocycles. The number of para-hydroxylation sites is 1. The number of carbonyl (C=O) groups is 1. The van der Waals surface area contributed by atoms with E-state index in [1.54, 1.807) is 11.8 Å². The van der Waals surface area contributed by atoms with Crippen molar-refractivity contribution in [3.63, 3.8) is 0 Å². The summed E-state index contributed by atoms with van der Waals surface area (Å²) >= 11 is 3.12. The molecule has 212 valence electrons. The highest BCUT2D eigenvalue weighted by Crippen LogP contribution is 2.28. The lowest BCUT2D eigenvalue weighted by molar-refractivity contribution is 0.0645. The summed E-state index contributed by atoms with van der Waals surface area (Å²) in [6, 6.07) is 30.8. The summed E-state index contributed by atoms with van der Waals surface area (Å²) in [5.74, 6) is 1.52. The van der Waals surface area contributed by atoms with Crippen LogP contribution < -0.4 is 0 Å². The summed E-state index contributed by atoms with van der Waals surface area (Å²) in [4.78, 5) is 22.2. The van der Waals surface area contributed by atoms with Crippen molar-refractivity contribution in [2.45, 2.75) is 17.3 Å². The van der Waals surface area contributed by atoms with Crippen molar-refractivity contribution in [3.05, 3.63) is 130 Å². The number of carbonyl (C=O) groups excluding carboxylic acids is 1. The number of rotatable bonds is 10. The second-order valence-electron chi connectivity index (χ2n) is 10.1. The highest BCUT2D eigenvalue weighted by molar-refractivity contribution is 7.98. The minimum atomic E-state index is 0.0135. The largest absolute Gasteiger partial charge is 0.335 e. The predicted molar refractivity (Wildman–Crippen MR) is 170 cm³/mol. The van der Waals surface area contributed by atoms with Crippen LogP contribution in [0, 0.1) is 0 Å². The van der Waals surface area contributed by atoms with Crippen LogP contribution in [0.3, 0.4) is 0 Å². The van der Waals surface area contributed by atoms with Gasteiger partial charge >= 0.3 is 0 Å². The van der Waals surface area contributed by atoms with Gasteiger partial charge in [0, 0.05) is 50.2 Å². The number of piperazine rings is 1. The van der Waals surface area contributed by atoms with Gasteiger partial charge in [-0.15, -0.1) is 21.5 Å². The normalized spacial score (nSPS) is 14.0. The van der Waals surface area contributed by atoms with E-state index in [1.807, 2.05) is 64.9 Å². The minimum Gasteiger partial charge on any atom is -0.335 e. The summed E-state index contributed by atoms with van der Waals surface area (Å²) < 4.78 is 2.12. The van der Waals surface area contributed by atoms with Gasteiger partial charge in [-0.25, -0.2) is 4.98 Å². The van der Waals surface area contributed by atoms with Crippen LogP contribution in [0.4, 0.5) is 0 Å². The van der Waals surface area contributed by atoms with Gasteiger partial charge in [-0.2, -0.15) is 0 Å². The molecule has 3 aromatic carbocycles. The molecule has 6 rings (SSSR count). The third-order valence-electron chi connectivity index (χ3n) is 7.15. The molecular weight excluding hydrogens is 561 g/mol. The Morgan fingerprint density at radius 2 is 1.55 bits per heavy atom. The lowest BCUT2D eigenvalue weighted by atomic mass is 10.1. The van der Waals surface area contributed by atoms with Crippen LogP contribution in [0.1, 0.15) is 32.4 Å². The van der Waals surface area contributed by atoms with Crippen LogP contribution in [0.5, 0.6) is 0 Å². The molecule has 7 nitrogen and oxygen atoms in total. The fourth-order valence-corrected chi connectivity index (χ4v) is 6.68. The smallest absolute Gasteiger partial charge is 0.273 e. The van der Waals surface area contributed by atoms with Crippen molar-refractivity contribution in [2.24, 2.45) is 0 Å². The van der Waals surface area contributed by atoms with Gasteiger partial charge in [0.05, 0.1) is 5.75 Å². The molecule has 1 amide bonds. The molecule has 42 heavy (non-hydrogen) atoms. The molecule has 1 aliphatic rings. The fraction of sp³-hybridized carbons (Fsp3) is 0.212.